The van der Waals surface area contributed by atoms with E-state index in [0.717, 1.165) is 42.7 Å². The predicted molar refractivity (Wildman–Crippen MR) is 103 cm³/mol. The topological polar surface area (TPSA) is 50.8 Å². The predicted octanol–water partition coefficient (Wildman–Crippen LogP) is 4.13. The molecule has 5 nitrogen and oxygen atoms in total. The first kappa shape index (κ1) is 20.0. The van der Waals surface area contributed by atoms with Crippen LogP contribution in [0, 0.1) is 6.92 Å². The number of ether oxygens (including phenoxy) is 2. The molecule has 1 N–H and O–H groups in total. The molecule has 140 valence electrons. The monoisotopic (exact) mass is 412 g/mol. The van der Waals surface area contributed by atoms with Crippen LogP contribution in [0.5, 0.6) is 5.75 Å². The maximum absolute atomic E-state index is 11.9. The zero-order valence-electron chi connectivity index (χ0n) is 15.6. The van der Waals surface area contributed by atoms with Gasteiger partial charge < -0.3 is 14.8 Å². The molecule has 0 radical (unpaired) electrons. The number of rotatable bonds is 5. The Morgan fingerprint density at radius 3 is 2.88 bits per heavy atom. The smallest absolute Gasteiger partial charge is 0.407 e. The maximum atomic E-state index is 11.9. The third kappa shape index (κ3) is 7.24. The molecule has 1 saturated heterocycles. The van der Waals surface area contributed by atoms with Gasteiger partial charge in [0, 0.05) is 19.1 Å². The molecule has 1 aromatic rings. The first-order valence-corrected chi connectivity index (χ1v) is 9.63. The highest BCUT2D eigenvalue weighted by molar-refractivity contribution is 9.10. The van der Waals surface area contributed by atoms with Crippen LogP contribution < -0.4 is 10.1 Å². The molecule has 1 aliphatic heterocycles. The standard InChI is InChI=1S/C19H29BrN2O3/c1-14-7-8-16(20)17(12-14)24-11-10-22-9-5-6-15(13-22)21-18(23)25-19(2,3)4/h7-8,12,15H,5-6,9-11,13H2,1-4H3,(H,21,23). The first-order chi connectivity index (χ1) is 11.7. The van der Waals surface area contributed by atoms with Crippen molar-refractivity contribution in [3.63, 3.8) is 0 Å². The van der Waals surface area contributed by atoms with Gasteiger partial charge in [-0.1, -0.05) is 6.07 Å². The van der Waals surface area contributed by atoms with Crippen molar-refractivity contribution >= 4 is 22.0 Å². The van der Waals surface area contributed by atoms with Crippen molar-refractivity contribution in [1.82, 2.24) is 10.2 Å². The van der Waals surface area contributed by atoms with Crippen LogP contribution in [0.4, 0.5) is 4.79 Å². The van der Waals surface area contributed by atoms with E-state index < -0.39 is 5.60 Å². The highest BCUT2D eigenvalue weighted by Crippen LogP contribution is 2.25. The van der Waals surface area contributed by atoms with Crippen LogP contribution in [0.2, 0.25) is 0 Å². The summed E-state index contributed by atoms with van der Waals surface area (Å²) < 4.78 is 12.2. The van der Waals surface area contributed by atoms with Crippen LogP contribution in [-0.2, 0) is 4.74 Å². The fourth-order valence-electron chi connectivity index (χ4n) is 2.86. The number of carbonyl (C=O) groups is 1. The molecule has 1 amide bonds. The van der Waals surface area contributed by atoms with Crippen LogP contribution in [0.1, 0.15) is 39.2 Å². The number of carbonyl (C=O) groups excluding carboxylic acids is 1. The van der Waals surface area contributed by atoms with Crippen LogP contribution >= 0.6 is 15.9 Å². The van der Waals surface area contributed by atoms with Gasteiger partial charge in [0.05, 0.1) is 4.47 Å². The summed E-state index contributed by atoms with van der Waals surface area (Å²) in [7, 11) is 0. The summed E-state index contributed by atoms with van der Waals surface area (Å²) in [6.07, 6.45) is 1.72. The molecule has 0 bridgehead atoms. The van der Waals surface area contributed by atoms with E-state index in [1.807, 2.05) is 32.9 Å². The van der Waals surface area contributed by atoms with E-state index in [2.05, 4.69) is 39.1 Å². The number of nitrogens with one attached hydrogen (secondary N) is 1. The van der Waals surface area contributed by atoms with Gasteiger partial charge in [-0.25, -0.2) is 4.79 Å². The molecule has 0 spiro atoms. The minimum absolute atomic E-state index is 0.134. The quantitative estimate of drug-likeness (QED) is 0.789. The van der Waals surface area contributed by atoms with Crippen molar-refractivity contribution in [2.24, 2.45) is 0 Å². The van der Waals surface area contributed by atoms with Crippen molar-refractivity contribution in [3.8, 4) is 5.75 Å². The first-order valence-electron chi connectivity index (χ1n) is 8.84. The average molecular weight is 413 g/mol. The summed E-state index contributed by atoms with van der Waals surface area (Å²) in [5, 5.41) is 2.98. The van der Waals surface area contributed by atoms with Gasteiger partial charge in [0.25, 0.3) is 0 Å². The lowest BCUT2D eigenvalue weighted by Gasteiger charge is -2.33. The highest BCUT2D eigenvalue weighted by Gasteiger charge is 2.24. The SMILES string of the molecule is Cc1ccc(Br)c(OCCN2CCCC(NC(=O)OC(C)(C)C)C2)c1. The Labute approximate surface area is 159 Å². The number of amides is 1. The van der Waals surface area contributed by atoms with E-state index in [4.69, 9.17) is 9.47 Å². The van der Waals surface area contributed by atoms with Gasteiger partial charge in [0.1, 0.15) is 18.0 Å². The van der Waals surface area contributed by atoms with Gasteiger partial charge in [-0.05, 0) is 80.7 Å². The van der Waals surface area contributed by atoms with Gasteiger partial charge in [-0.3, -0.25) is 4.90 Å². The Kier molecular flexibility index (Phi) is 7.14. The van der Waals surface area contributed by atoms with E-state index in [1.165, 1.54) is 5.56 Å². The lowest BCUT2D eigenvalue weighted by Crippen LogP contribution is -2.49. The van der Waals surface area contributed by atoms with Gasteiger partial charge >= 0.3 is 6.09 Å². The number of aryl methyl sites for hydroxylation is 1. The second kappa shape index (κ2) is 8.90. The van der Waals surface area contributed by atoms with Crippen LogP contribution in [0.3, 0.4) is 0 Å². The Morgan fingerprint density at radius 2 is 2.16 bits per heavy atom. The molecule has 25 heavy (non-hydrogen) atoms. The number of nitrogens with zero attached hydrogens (tertiary/aromatic N) is 1. The van der Waals surface area contributed by atoms with Crippen molar-refractivity contribution in [2.45, 2.75) is 52.2 Å². The minimum Gasteiger partial charge on any atom is -0.491 e. The summed E-state index contributed by atoms with van der Waals surface area (Å²) in [5.74, 6) is 0.875. The Hall–Kier alpha value is -1.27. The molecule has 0 aromatic heterocycles. The molecule has 0 saturated carbocycles. The summed E-state index contributed by atoms with van der Waals surface area (Å²) in [5.41, 5.74) is 0.714. The van der Waals surface area contributed by atoms with Gasteiger partial charge in [0.15, 0.2) is 0 Å². The molecule has 0 aliphatic carbocycles. The number of likely N-dealkylation sites (tertiary alicyclic amines) is 1. The van der Waals surface area contributed by atoms with Crippen molar-refractivity contribution in [3.05, 3.63) is 28.2 Å². The van der Waals surface area contributed by atoms with E-state index in [1.54, 1.807) is 0 Å². The number of halogens is 1. The average Bonchev–Trinajstić information content (AvgIpc) is 2.49. The molecule has 1 fully saturated rings. The van der Waals surface area contributed by atoms with Crippen molar-refractivity contribution < 1.29 is 14.3 Å². The molecule has 1 aromatic carbocycles. The van der Waals surface area contributed by atoms with Crippen molar-refractivity contribution in [2.75, 3.05) is 26.2 Å². The molecule has 1 atom stereocenters. The molecule has 1 heterocycles. The molecule has 6 heteroatoms. The van der Waals surface area contributed by atoms with Gasteiger partial charge in [0.2, 0.25) is 0 Å². The molecule has 1 unspecified atom stereocenters. The fourth-order valence-corrected chi connectivity index (χ4v) is 3.22. The third-order valence-corrected chi connectivity index (χ3v) is 4.63. The van der Waals surface area contributed by atoms with Crippen LogP contribution in [0.25, 0.3) is 0 Å². The molecular formula is C19H29BrN2O3. The highest BCUT2D eigenvalue weighted by atomic mass is 79.9. The Morgan fingerprint density at radius 1 is 1.40 bits per heavy atom. The minimum atomic E-state index is -0.465. The maximum Gasteiger partial charge on any atom is 0.407 e. The third-order valence-electron chi connectivity index (χ3n) is 3.98. The van der Waals surface area contributed by atoms with E-state index in [9.17, 15) is 4.79 Å². The van der Waals surface area contributed by atoms with Crippen LogP contribution in [0.15, 0.2) is 22.7 Å². The zero-order chi connectivity index (χ0) is 18.4. The lowest BCUT2D eigenvalue weighted by molar-refractivity contribution is 0.0469. The number of benzene rings is 1. The second-order valence-corrected chi connectivity index (χ2v) is 8.42. The number of hydrogen-bond acceptors (Lipinski definition) is 4. The number of piperidine rings is 1. The Balaban J connectivity index is 1.75. The molecular weight excluding hydrogens is 384 g/mol. The summed E-state index contributed by atoms with van der Waals surface area (Å²) in [6.45, 7) is 11.0. The lowest BCUT2D eigenvalue weighted by atomic mass is 10.1. The fraction of sp³-hybridized carbons (Fsp3) is 0.632. The number of hydrogen-bond donors (Lipinski definition) is 1. The van der Waals surface area contributed by atoms with E-state index in [-0.39, 0.29) is 12.1 Å². The largest absolute Gasteiger partial charge is 0.491 e. The normalized spacial score (nSPS) is 18.7. The summed E-state index contributed by atoms with van der Waals surface area (Å²) in [4.78, 5) is 14.2. The summed E-state index contributed by atoms with van der Waals surface area (Å²) >= 11 is 3.52. The molecule has 1 aliphatic rings. The summed E-state index contributed by atoms with van der Waals surface area (Å²) in [6, 6.07) is 6.22. The van der Waals surface area contributed by atoms with Crippen molar-refractivity contribution in [1.29, 1.82) is 0 Å². The second-order valence-electron chi connectivity index (χ2n) is 7.57. The Bertz CT molecular complexity index is 587. The molecule has 2 rings (SSSR count). The van der Waals surface area contributed by atoms with E-state index >= 15 is 0 Å². The number of alkyl carbamates (subject to hydrolysis) is 1. The van der Waals surface area contributed by atoms with E-state index in [0.29, 0.717) is 6.61 Å². The zero-order valence-corrected chi connectivity index (χ0v) is 17.2. The van der Waals surface area contributed by atoms with Gasteiger partial charge in [-0.15, -0.1) is 0 Å². The van der Waals surface area contributed by atoms with Crippen LogP contribution in [-0.4, -0.2) is 48.9 Å². The van der Waals surface area contributed by atoms with Gasteiger partial charge in [-0.2, -0.15) is 0 Å².